The molecule has 0 saturated heterocycles. The molecule has 0 spiro atoms. The number of nitrogens with one attached hydrogen (secondary N) is 2. The van der Waals surface area contributed by atoms with Gasteiger partial charge in [0.25, 0.3) is 5.91 Å². The Bertz CT molecular complexity index is 945. The monoisotopic (exact) mass is 334 g/mol. The molecule has 2 heterocycles. The van der Waals surface area contributed by atoms with Gasteiger partial charge in [0.1, 0.15) is 0 Å². The number of esters is 1. The van der Waals surface area contributed by atoms with Crippen LogP contribution < -0.4 is 5.32 Å². The van der Waals surface area contributed by atoms with E-state index in [9.17, 15) is 9.59 Å². The van der Waals surface area contributed by atoms with Crippen LogP contribution in [0.25, 0.3) is 10.9 Å². The number of aromatic nitrogens is 1. The van der Waals surface area contributed by atoms with Gasteiger partial charge in [-0.05, 0) is 29.7 Å². The van der Waals surface area contributed by atoms with Crippen molar-refractivity contribution in [2.24, 2.45) is 0 Å². The third-order valence-electron chi connectivity index (χ3n) is 4.55. The molecule has 5 nitrogen and oxygen atoms in total. The highest BCUT2D eigenvalue weighted by Gasteiger charge is 2.30. The largest absolute Gasteiger partial charge is 0.448 e. The lowest BCUT2D eigenvalue weighted by Gasteiger charge is -2.23. The first kappa shape index (κ1) is 15.4. The maximum Gasteiger partial charge on any atom is 0.339 e. The van der Waals surface area contributed by atoms with E-state index in [2.05, 4.69) is 16.4 Å². The number of ether oxygens (including phenoxy) is 1. The number of H-pyrrole nitrogens is 1. The van der Waals surface area contributed by atoms with Gasteiger partial charge in [0.2, 0.25) is 0 Å². The molecule has 1 aliphatic rings. The van der Waals surface area contributed by atoms with Crippen LogP contribution in [0.4, 0.5) is 0 Å². The number of carbonyl (C=O) groups excluding carboxylic acids is 2. The second-order valence-electron chi connectivity index (χ2n) is 6.16. The quantitative estimate of drug-likeness (QED) is 0.721. The maximum absolute atomic E-state index is 12.3. The number of para-hydroxylation sites is 1. The molecule has 0 bridgehead atoms. The van der Waals surface area contributed by atoms with Crippen LogP contribution in [0.5, 0.6) is 0 Å². The fraction of sp³-hybridized carbons (Fsp3) is 0.200. The topological polar surface area (TPSA) is 71.2 Å². The first-order valence-electron chi connectivity index (χ1n) is 8.34. The zero-order valence-corrected chi connectivity index (χ0v) is 13.6. The molecule has 2 aromatic carbocycles. The van der Waals surface area contributed by atoms with Crippen LogP contribution in [0.1, 0.15) is 21.5 Å². The number of fused-ring (bicyclic) bond motifs is 2. The second kappa shape index (κ2) is 6.43. The van der Waals surface area contributed by atoms with Crippen molar-refractivity contribution in [2.75, 3.05) is 6.54 Å². The third kappa shape index (κ3) is 3.01. The SMILES string of the molecule is O=C1O[C@@H](C(=O)NCCc2c[nH]c3ccccc23)Cc2ccccc21. The Kier molecular flexibility index (Phi) is 3.98. The number of aromatic amines is 1. The molecule has 1 amide bonds. The molecule has 2 N–H and O–H groups in total. The van der Waals surface area contributed by atoms with Crippen LogP contribution >= 0.6 is 0 Å². The number of cyclic esters (lactones) is 1. The normalized spacial score (nSPS) is 16.3. The molecule has 0 unspecified atom stereocenters. The minimum Gasteiger partial charge on any atom is -0.448 e. The van der Waals surface area contributed by atoms with Gasteiger partial charge in [-0.25, -0.2) is 4.79 Å². The molecular weight excluding hydrogens is 316 g/mol. The van der Waals surface area contributed by atoms with Crippen molar-refractivity contribution >= 4 is 22.8 Å². The number of rotatable bonds is 4. The van der Waals surface area contributed by atoms with E-state index in [0.29, 0.717) is 24.9 Å². The first-order chi connectivity index (χ1) is 12.2. The molecule has 3 aromatic rings. The highest BCUT2D eigenvalue weighted by Crippen LogP contribution is 2.21. The molecule has 1 aliphatic heterocycles. The van der Waals surface area contributed by atoms with Gasteiger partial charge in [0, 0.05) is 30.1 Å². The molecule has 5 heteroatoms. The summed E-state index contributed by atoms with van der Waals surface area (Å²) >= 11 is 0. The summed E-state index contributed by atoms with van der Waals surface area (Å²) in [7, 11) is 0. The van der Waals surface area contributed by atoms with E-state index in [1.807, 2.05) is 36.5 Å². The Labute approximate surface area is 145 Å². The van der Waals surface area contributed by atoms with Gasteiger partial charge in [0.15, 0.2) is 6.10 Å². The lowest BCUT2D eigenvalue weighted by Crippen LogP contribution is -2.42. The standard InChI is InChI=1S/C20H18N2O3/c23-19(18-11-13-5-1-2-7-16(13)20(24)25-18)21-10-9-14-12-22-17-8-4-3-6-15(14)17/h1-8,12,18,22H,9-11H2,(H,21,23)/t18-/m1/s1. The minimum absolute atomic E-state index is 0.248. The van der Waals surface area contributed by atoms with Crippen molar-refractivity contribution in [3.63, 3.8) is 0 Å². The molecule has 1 atom stereocenters. The molecule has 0 fully saturated rings. The van der Waals surface area contributed by atoms with E-state index in [1.54, 1.807) is 12.1 Å². The predicted molar refractivity (Wildman–Crippen MR) is 94.4 cm³/mol. The van der Waals surface area contributed by atoms with Crippen LogP contribution in [0.3, 0.4) is 0 Å². The molecule has 0 saturated carbocycles. The molecule has 126 valence electrons. The van der Waals surface area contributed by atoms with Gasteiger partial charge in [0.05, 0.1) is 5.56 Å². The first-order valence-corrected chi connectivity index (χ1v) is 8.34. The fourth-order valence-corrected chi connectivity index (χ4v) is 3.25. The predicted octanol–water partition coefficient (Wildman–Crippen LogP) is 2.61. The summed E-state index contributed by atoms with van der Waals surface area (Å²) in [6.07, 6.45) is 2.34. The Balaban J connectivity index is 1.38. The number of benzene rings is 2. The van der Waals surface area contributed by atoms with Gasteiger partial charge in [-0.1, -0.05) is 36.4 Å². The summed E-state index contributed by atoms with van der Waals surface area (Å²) in [6, 6.07) is 15.3. The zero-order valence-electron chi connectivity index (χ0n) is 13.6. The highest BCUT2D eigenvalue weighted by molar-refractivity contribution is 5.95. The zero-order chi connectivity index (χ0) is 17.2. The van der Waals surface area contributed by atoms with Crippen molar-refractivity contribution in [1.82, 2.24) is 10.3 Å². The maximum atomic E-state index is 12.3. The molecule has 0 aliphatic carbocycles. The summed E-state index contributed by atoms with van der Waals surface area (Å²) in [6.45, 7) is 0.496. The van der Waals surface area contributed by atoms with E-state index >= 15 is 0 Å². The Hall–Kier alpha value is -3.08. The number of carbonyl (C=O) groups is 2. The number of amides is 1. The van der Waals surface area contributed by atoms with E-state index in [-0.39, 0.29) is 5.91 Å². The van der Waals surface area contributed by atoms with Crippen LogP contribution in [-0.4, -0.2) is 29.5 Å². The minimum atomic E-state index is -0.759. The van der Waals surface area contributed by atoms with Gasteiger partial charge < -0.3 is 15.0 Å². The lowest BCUT2D eigenvalue weighted by atomic mass is 9.98. The van der Waals surface area contributed by atoms with Crippen LogP contribution in [-0.2, 0) is 22.4 Å². The summed E-state index contributed by atoms with van der Waals surface area (Å²) in [5, 5.41) is 4.04. The van der Waals surface area contributed by atoms with Gasteiger partial charge in [-0.15, -0.1) is 0 Å². The van der Waals surface area contributed by atoms with E-state index < -0.39 is 12.1 Å². The van der Waals surface area contributed by atoms with Gasteiger partial charge in [-0.2, -0.15) is 0 Å². The summed E-state index contributed by atoms with van der Waals surface area (Å²) in [4.78, 5) is 27.6. The molecule has 1 aromatic heterocycles. The Morgan fingerprint density at radius 1 is 1.16 bits per heavy atom. The molecular formula is C20H18N2O3. The Morgan fingerprint density at radius 2 is 1.96 bits per heavy atom. The van der Waals surface area contributed by atoms with Gasteiger partial charge >= 0.3 is 5.97 Å². The van der Waals surface area contributed by atoms with Crippen LogP contribution in [0.2, 0.25) is 0 Å². The molecule has 25 heavy (non-hydrogen) atoms. The van der Waals surface area contributed by atoms with Crippen molar-refractivity contribution in [3.05, 3.63) is 71.4 Å². The average molecular weight is 334 g/mol. The van der Waals surface area contributed by atoms with Crippen molar-refractivity contribution in [1.29, 1.82) is 0 Å². The number of hydrogen-bond donors (Lipinski definition) is 2. The van der Waals surface area contributed by atoms with E-state index in [0.717, 1.165) is 22.0 Å². The molecule has 0 radical (unpaired) electrons. The number of hydrogen-bond acceptors (Lipinski definition) is 3. The highest BCUT2D eigenvalue weighted by atomic mass is 16.5. The van der Waals surface area contributed by atoms with Crippen LogP contribution in [0, 0.1) is 0 Å². The Morgan fingerprint density at radius 3 is 2.88 bits per heavy atom. The van der Waals surface area contributed by atoms with Crippen LogP contribution in [0.15, 0.2) is 54.7 Å². The van der Waals surface area contributed by atoms with Crippen molar-refractivity contribution in [3.8, 4) is 0 Å². The van der Waals surface area contributed by atoms with Gasteiger partial charge in [-0.3, -0.25) is 4.79 Å². The summed E-state index contributed by atoms with van der Waals surface area (Å²) in [5.74, 6) is -0.679. The van der Waals surface area contributed by atoms with E-state index in [1.165, 1.54) is 0 Å². The molecule has 4 rings (SSSR count). The lowest BCUT2D eigenvalue weighted by molar-refractivity contribution is -0.130. The summed E-state index contributed by atoms with van der Waals surface area (Å²) < 4.78 is 5.28. The average Bonchev–Trinajstić information content (AvgIpc) is 3.05. The van der Waals surface area contributed by atoms with Crippen molar-refractivity contribution < 1.29 is 14.3 Å². The smallest absolute Gasteiger partial charge is 0.339 e. The van der Waals surface area contributed by atoms with Crippen molar-refractivity contribution in [2.45, 2.75) is 18.9 Å². The van der Waals surface area contributed by atoms with E-state index in [4.69, 9.17) is 4.74 Å². The third-order valence-corrected chi connectivity index (χ3v) is 4.55. The summed E-state index contributed by atoms with van der Waals surface area (Å²) in [5.41, 5.74) is 3.64. The second-order valence-corrected chi connectivity index (χ2v) is 6.16. The fourth-order valence-electron chi connectivity index (χ4n) is 3.25.